The standard InChI is InChI=1S/C23H30NO2/c1-6-14-8-7-9-16-17(14)18(19(24-16)15-10-12-26-13-11-15)20(25)21-22(2,3)23(21,4)5/h7-9,15,21H,6,10-13H2,1-5H3. The molecule has 0 atom stereocenters. The van der Waals surface area contributed by atoms with Crippen LogP contribution in [0.1, 0.15) is 58.6 Å². The van der Waals surface area contributed by atoms with Crippen LogP contribution in [0.3, 0.4) is 0 Å². The number of ketones is 1. The van der Waals surface area contributed by atoms with Crippen LogP contribution in [0.2, 0.25) is 0 Å². The van der Waals surface area contributed by atoms with Crippen LogP contribution in [0.4, 0.5) is 5.69 Å². The van der Waals surface area contributed by atoms with Gasteiger partial charge in [0, 0.05) is 36.2 Å². The van der Waals surface area contributed by atoms with Crippen LogP contribution in [-0.4, -0.2) is 19.0 Å². The van der Waals surface area contributed by atoms with Gasteiger partial charge in [-0.15, -0.1) is 0 Å². The predicted molar refractivity (Wildman–Crippen MR) is 104 cm³/mol. The first-order valence-electron chi connectivity index (χ1n) is 10.0. The molecule has 26 heavy (non-hydrogen) atoms. The van der Waals surface area contributed by atoms with Crippen molar-refractivity contribution in [3.63, 3.8) is 0 Å². The molecule has 0 unspecified atom stereocenters. The lowest BCUT2D eigenvalue weighted by atomic mass is 9.86. The normalized spacial score (nSPS) is 24.3. The van der Waals surface area contributed by atoms with Gasteiger partial charge in [-0.05, 0) is 41.7 Å². The number of carbonyl (C=O) groups excluding carboxylic acids is 1. The van der Waals surface area contributed by atoms with Gasteiger partial charge in [0.2, 0.25) is 0 Å². The van der Waals surface area contributed by atoms with Gasteiger partial charge in [-0.1, -0.05) is 46.8 Å². The highest BCUT2D eigenvalue weighted by Gasteiger charge is 2.68. The molecule has 2 heterocycles. The minimum Gasteiger partial charge on any atom is -0.381 e. The lowest BCUT2D eigenvalue weighted by Gasteiger charge is -2.23. The van der Waals surface area contributed by atoms with Crippen molar-refractivity contribution in [1.29, 1.82) is 0 Å². The zero-order valence-electron chi connectivity index (χ0n) is 16.7. The number of ether oxygens (including phenoxy) is 1. The molecule has 1 saturated carbocycles. The molecule has 1 aromatic carbocycles. The Balaban J connectivity index is 1.82. The summed E-state index contributed by atoms with van der Waals surface area (Å²) < 4.78 is 5.55. The topological polar surface area (TPSA) is 40.4 Å². The summed E-state index contributed by atoms with van der Waals surface area (Å²) in [6.07, 6.45) is 2.85. The first-order valence-corrected chi connectivity index (χ1v) is 10.0. The second kappa shape index (κ2) is 5.95. The summed E-state index contributed by atoms with van der Waals surface area (Å²) >= 11 is 0. The fourth-order valence-electron chi connectivity index (χ4n) is 5.09. The second-order valence-electron chi connectivity index (χ2n) is 9.16. The van der Waals surface area contributed by atoms with Gasteiger partial charge in [-0.2, -0.15) is 0 Å². The van der Waals surface area contributed by atoms with E-state index >= 15 is 0 Å². The summed E-state index contributed by atoms with van der Waals surface area (Å²) in [6.45, 7) is 12.6. The van der Waals surface area contributed by atoms with E-state index < -0.39 is 0 Å². The lowest BCUT2D eigenvalue weighted by molar-refractivity contribution is -0.115. The number of benzene rings is 1. The Morgan fingerprint density at radius 1 is 1.15 bits per heavy atom. The van der Waals surface area contributed by atoms with E-state index in [1.807, 2.05) is 0 Å². The van der Waals surface area contributed by atoms with E-state index in [9.17, 15) is 4.79 Å². The first kappa shape index (κ1) is 17.8. The minimum absolute atomic E-state index is 0.0434. The molecule has 139 valence electrons. The SMILES string of the molecule is CCc1cccc2c1C(C(=O)C1C(C)(C)C1(C)C)=C(C1CCOCC1)[N]2. The number of carbonyl (C=O) groups is 1. The maximum absolute atomic E-state index is 13.8. The Kier molecular flexibility index (Phi) is 4.07. The highest BCUT2D eigenvalue weighted by atomic mass is 16.5. The monoisotopic (exact) mass is 352 g/mol. The van der Waals surface area contributed by atoms with E-state index in [4.69, 9.17) is 10.1 Å². The zero-order valence-corrected chi connectivity index (χ0v) is 16.7. The molecule has 3 aliphatic rings. The van der Waals surface area contributed by atoms with Crippen LogP contribution in [0.5, 0.6) is 0 Å². The highest BCUT2D eigenvalue weighted by Crippen LogP contribution is 2.70. The molecule has 1 aliphatic carbocycles. The molecular formula is C23H30NO2. The van der Waals surface area contributed by atoms with E-state index in [0.29, 0.717) is 11.7 Å². The molecule has 3 nitrogen and oxygen atoms in total. The Labute approximate surface area is 157 Å². The maximum Gasteiger partial charge on any atom is 0.169 e. The molecule has 0 amide bonds. The molecule has 3 heteroatoms. The summed E-state index contributed by atoms with van der Waals surface area (Å²) in [5, 5.41) is 5.00. The average molecular weight is 352 g/mol. The molecule has 1 aromatic rings. The van der Waals surface area contributed by atoms with Gasteiger partial charge in [0.15, 0.2) is 5.78 Å². The maximum atomic E-state index is 13.8. The Morgan fingerprint density at radius 3 is 2.38 bits per heavy atom. The summed E-state index contributed by atoms with van der Waals surface area (Å²) in [5.41, 5.74) is 5.39. The van der Waals surface area contributed by atoms with Gasteiger partial charge in [-0.25, -0.2) is 0 Å². The molecule has 0 spiro atoms. The Bertz CT molecular complexity index is 767. The molecule has 0 aromatic heterocycles. The molecule has 0 bridgehead atoms. The first-order chi connectivity index (χ1) is 12.3. The average Bonchev–Trinajstić information content (AvgIpc) is 2.92. The number of hydrogen-bond donors (Lipinski definition) is 0. The van der Waals surface area contributed by atoms with E-state index in [1.165, 1.54) is 5.56 Å². The van der Waals surface area contributed by atoms with Crippen LogP contribution in [0.15, 0.2) is 23.9 Å². The van der Waals surface area contributed by atoms with E-state index in [2.05, 4.69) is 52.8 Å². The fraction of sp³-hybridized carbons (Fsp3) is 0.609. The minimum atomic E-state index is 0.0434. The zero-order chi connectivity index (χ0) is 18.7. The molecule has 2 aliphatic heterocycles. The number of aryl methyl sites for hydroxylation is 1. The van der Waals surface area contributed by atoms with E-state index in [-0.39, 0.29) is 16.7 Å². The number of allylic oxidation sites excluding steroid dienone is 2. The fourth-order valence-corrected chi connectivity index (χ4v) is 5.09. The third-order valence-electron chi connectivity index (χ3n) is 7.39. The summed E-state index contributed by atoms with van der Waals surface area (Å²) in [5.74, 6) is 0.723. The van der Waals surface area contributed by atoms with Crippen LogP contribution in [0, 0.1) is 22.7 Å². The van der Waals surface area contributed by atoms with Crippen LogP contribution in [-0.2, 0) is 16.0 Å². The molecule has 0 N–H and O–H groups in total. The number of nitrogens with zero attached hydrogens (tertiary/aromatic N) is 1. The van der Waals surface area contributed by atoms with Gasteiger partial charge in [0.05, 0.1) is 11.4 Å². The second-order valence-corrected chi connectivity index (χ2v) is 9.16. The number of Topliss-reactive ketones (excluding diaryl/α,β-unsaturated/α-hetero) is 1. The van der Waals surface area contributed by atoms with E-state index in [1.54, 1.807) is 0 Å². The van der Waals surface area contributed by atoms with Gasteiger partial charge in [-0.3, -0.25) is 10.1 Å². The Morgan fingerprint density at radius 2 is 1.81 bits per heavy atom. The highest BCUT2D eigenvalue weighted by molar-refractivity contribution is 6.27. The largest absolute Gasteiger partial charge is 0.381 e. The summed E-state index contributed by atoms with van der Waals surface area (Å²) in [7, 11) is 0. The van der Waals surface area contributed by atoms with Gasteiger partial charge >= 0.3 is 0 Å². The van der Waals surface area contributed by atoms with Gasteiger partial charge in [0.25, 0.3) is 0 Å². The summed E-state index contributed by atoms with van der Waals surface area (Å²) in [6, 6.07) is 6.29. The van der Waals surface area contributed by atoms with Gasteiger partial charge in [0.1, 0.15) is 0 Å². The molecule has 2 fully saturated rings. The van der Waals surface area contributed by atoms with Crippen molar-refractivity contribution in [3.05, 3.63) is 35.0 Å². The molecule has 1 saturated heterocycles. The number of rotatable bonds is 4. The Hall–Kier alpha value is -1.61. The number of fused-ring (bicyclic) bond motifs is 1. The third kappa shape index (κ3) is 2.40. The van der Waals surface area contributed by atoms with Crippen LogP contribution < -0.4 is 5.32 Å². The summed E-state index contributed by atoms with van der Waals surface area (Å²) in [4.78, 5) is 13.8. The predicted octanol–water partition coefficient (Wildman–Crippen LogP) is 4.89. The van der Waals surface area contributed by atoms with Crippen molar-refractivity contribution in [2.75, 3.05) is 13.2 Å². The van der Waals surface area contributed by atoms with Gasteiger partial charge < -0.3 is 4.74 Å². The number of hydrogen-bond acceptors (Lipinski definition) is 2. The van der Waals surface area contributed by atoms with Crippen LogP contribution in [0.25, 0.3) is 5.57 Å². The van der Waals surface area contributed by atoms with Crippen molar-refractivity contribution in [2.24, 2.45) is 22.7 Å². The molecule has 4 rings (SSSR count). The smallest absolute Gasteiger partial charge is 0.169 e. The molecular weight excluding hydrogens is 322 g/mol. The van der Waals surface area contributed by atoms with Crippen molar-refractivity contribution in [2.45, 2.75) is 53.9 Å². The van der Waals surface area contributed by atoms with Crippen molar-refractivity contribution in [3.8, 4) is 0 Å². The third-order valence-corrected chi connectivity index (χ3v) is 7.39. The van der Waals surface area contributed by atoms with Crippen molar-refractivity contribution in [1.82, 2.24) is 5.32 Å². The van der Waals surface area contributed by atoms with Crippen molar-refractivity contribution >= 4 is 17.0 Å². The van der Waals surface area contributed by atoms with Crippen molar-refractivity contribution < 1.29 is 9.53 Å². The molecule has 1 radical (unpaired) electrons. The quantitative estimate of drug-likeness (QED) is 0.774. The van der Waals surface area contributed by atoms with E-state index in [0.717, 1.165) is 55.0 Å². The lowest BCUT2D eigenvalue weighted by Crippen LogP contribution is -2.22. The van der Waals surface area contributed by atoms with Crippen LogP contribution >= 0.6 is 0 Å².